The highest BCUT2D eigenvalue weighted by molar-refractivity contribution is 5.99. The van der Waals surface area contributed by atoms with Crippen LogP contribution in [0, 0.1) is 10.1 Å². The second-order valence-corrected chi connectivity index (χ2v) is 9.46. The van der Waals surface area contributed by atoms with Gasteiger partial charge in [0.2, 0.25) is 0 Å². The van der Waals surface area contributed by atoms with E-state index in [1.54, 1.807) is 0 Å². The molecule has 210 valence electrons. The van der Waals surface area contributed by atoms with Crippen LogP contribution in [0.3, 0.4) is 0 Å². The molecule has 1 heterocycles. The van der Waals surface area contributed by atoms with E-state index in [0.717, 1.165) is 44.6 Å². The van der Waals surface area contributed by atoms with Crippen molar-refractivity contribution in [2.75, 3.05) is 0 Å². The Morgan fingerprint density at radius 3 is 2.13 bits per heavy atom. The molecule has 1 aromatic rings. The lowest BCUT2D eigenvalue weighted by Crippen LogP contribution is -2.37. The molecule has 8 nitrogen and oxygen atoms in total. The molecule has 38 heavy (non-hydrogen) atoms. The van der Waals surface area contributed by atoms with E-state index in [1.165, 1.54) is 32.0 Å². The normalized spacial score (nSPS) is 16.7. The predicted molar refractivity (Wildman–Crippen MR) is 135 cm³/mol. The van der Waals surface area contributed by atoms with Crippen molar-refractivity contribution in [3.63, 3.8) is 0 Å². The van der Waals surface area contributed by atoms with E-state index in [1.807, 2.05) is 0 Å². The highest BCUT2D eigenvalue weighted by atomic mass is 19.4. The van der Waals surface area contributed by atoms with Gasteiger partial charge < -0.3 is 15.2 Å². The summed E-state index contributed by atoms with van der Waals surface area (Å²) in [5.74, 6) is -4.34. The van der Waals surface area contributed by atoms with Crippen LogP contribution in [0.25, 0.3) is 0 Å². The molecule has 2 N–H and O–H groups in total. The van der Waals surface area contributed by atoms with Crippen LogP contribution in [-0.2, 0) is 14.3 Å². The molecule has 2 unspecified atom stereocenters. The van der Waals surface area contributed by atoms with E-state index in [-0.39, 0.29) is 29.0 Å². The zero-order chi connectivity index (χ0) is 28.5. The van der Waals surface area contributed by atoms with Gasteiger partial charge in [-0.25, -0.2) is 9.59 Å². The van der Waals surface area contributed by atoms with Gasteiger partial charge in [-0.1, -0.05) is 70.1 Å². The maximum absolute atomic E-state index is 13.8. The SMILES string of the molecule is CCCCCCCCCCC(OC(=O)C1=C(C)NC(C)=C(C(=O)O)C1c1ccccc1[N+](=O)[O-])C(F)(F)F. The van der Waals surface area contributed by atoms with Crippen LogP contribution in [0.1, 0.15) is 90.0 Å². The van der Waals surface area contributed by atoms with Crippen LogP contribution >= 0.6 is 0 Å². The molecule has 0 radical (unpaired) electrons. The fourth-order valence-electron chi connectivity index (χ4n) is 4.70. The minimum absolute atomic E-state index is 0.0636. The number of esters is 1. The number of carboxylic acid groups (broad SMARTS) is 1. The maximum atomic E-state index is 13.8. The molecule has 1 aromatic carbocycles. The van der Waals surface area contributed by atoms with E-state index in [2.05, 4.69) is 12.2 Å². The number of nitro benzene ring substituents is 1. The third-order valence-electron chi connectivity index (χ3n) is 6.59. The fraction of sp³-hybridized carbons (Fsp3) is 0.556. The van der Waals surface area contributed by atoms with Crippen LogP contribution in [0.2, 0.25) is 0 Å². The molecule has 0 bridgehead atoms. The Balaban J connectivity index is 2.31. The zero-order valence-corrected chi connectivity index (χ0v) is 21.9. The van der Waals surface area contributed by atoms with Crippen LogP contribution in [-0.4, -0.2) is 34.2 Å². The van der Waals surface area contributed by atoms with Crippen molar-refractivity contribution in [2.24, 2.45) is 0 Å². The zero-order valence-electron chi connectivity index (χ0n) is 21.9. The number of hydrogen-bond donors (Lipinski definition) is 2. The van der Waals surface area contributed by atoms with Gasteiger partial charge in [0.1, 0.15) is 0 Å². The third-order valence-corrected chi connectivity index (χ3v) is 6.59. The first-order valence-electron chi connectivity index (χ1n) is 12.8. The number of nitrogens with zero attached hydrogens (tertiary/aromatic N) is 1. The summed E-state index contributed by atoms with van der Waals surface area (Å²) in [5, 5.41) is 24.3. The Hall–Kier alpha value is -3.37. The van der Waals surface area contributed by atoms with Gasteiger partial charge in [0.05, 0.1) is 22.0 Å². The van der Waals surface area contributed by atoms with Crippen molar-refractivity contribution >= 4 is 17.6 Å². The van der Waals surface area contributed by atoms with Gasteiger partial charge in [-0.05, 0) is 26.7 Å². The highest BCUT2D eigenvalue weighted by Crippen LogP contribution is 2.42. The summed E-state index contributed by atoms with van der Waals surface area (Å²) in [6, 6.07) is 5.23. The van der Waals surface area contributed by atoms with E-state index in [0.29, 0.717) is 6.42 Å². The maximum Gasteiger partial charge on any atom is 0.425 e. The Morgan fingerprint density at radius 2 is 1.58 bits per heavy atom. The molecule has 11 heteroatoms. The molecule has 2 rings (SSSR count). The number of alkyl halides is 3. The summed E-state index contributed by atoms with van der Waals surface area (Å²) in [4.78, 5) is 36.3. The third kappa shape index (κ3) is 8.06. The lowest BCUT2D eigenvalue weighted by molar-refractivity contribution is -0.385. The van der Waals surface area contributed by atoms with E-state index in [4.69, 9.17) is 4.74 Å². The predicted octanol–water partition coefficient (Wildman–Crippen LogP) is 6.92. The molecule has 1 aliphatic rings. The molecule has 1 aliphatic heterocycles. The van der Waals surface area contributed by atoms with Crippen molar-refractivity contribution in [3.8, 4) is 0 Å². The first-order valence-corrected chi connectivity index (χ1v) is 12.8. The largest absolute Gasteiger partial charge is 0.478 e. The number of aliphatic carboxylic acids is 1. The average molecular weight is 541 g/mol. The second kappa shape index (κ2) is 14.0. The number of carboxylic acids is 1. The summed E-state index contributed by atoms with van der Waals surface area (Å²) < 4.78 is 46.4. The lowest BCUT2D eigenvalue weighted by atomic mass is 9.79. The summed E-state index contributed by atoms with van der Waals surface area (Å²) in [6.07, 6.45) is -0.832. The molecule has 2 atom stereocenters. The van der Waals surface area contributed by atoms with Crippen LogP contribution < -0.4 is 5.32 Å². The quantitative estimate of drug-likeness (QED) is 0.114. The van der Waals surface area contributed by atoms with Gasteiger partial charge in [0.15, 0.2) is 6.10 Å². The van der Waals surface area contributed by atoms with Crippen LogP contribution in [0.5, 0.6) is 0 Å². The second-order valence-electron chi connectivity index (χ2n) is 9.46. The Morgan fingerprint density at radius 1 is 1.03 bits per heavy atom. The summed E-state index contributed by atoms with van der Waals surface area (Å²) in [7, 11) is 0. The lowest BCUT2D eigenvalue weighted by Gasteiger charge is -2.30. The van der Waals surface area contributed by atoms with Crippen molar-refractivity contribution in [1.82, 2.24) is 5.32 Å². The number of carbonyl (C=O) groups excluding carboxylic acids is 1. The molecular weight excluding hydrogens is 505 g/mol. The minimum atomic E-state index is -4.83. The van der Waals surface area contributed by atoms with E-state index < -0.39 is 52.7 Å². The number of unbranched alkanes of at least 4 members (excludes halogenated alkanes) is 7. The molecular formula is C27H35F3N2O6. The molecule has 0 saturated heterocycles. The van der Waals surface area contributed by atoms with Gasteiger partial charge in [0, 0.05) is 23.0 Å². The molecule has 0 saturated carbocycles. The van der Waals surface area contributed by atoms with Gasteiger partial charge in [0.25, 0.3) is 5.69 Å². The number of hydrogen-bond acceptors (Lipinski definition) is 6. The van der Waals surface area contributed by atoms with Gasteiger partial charge in [-0.3, -0.25) is 10.1 Å². The fourth-order valence-corrected chi connectivity index (χ4v) is 4.70. The van der Waals surface area contributed by atoms with Gasteiger partial charge in [-0.15, -0.1) is 0 Å². The Labute approximate surface area is 220 Å². The molecule has 0 aliphatic carbocycles. The molecule has 0 amide bonds. The number of ether oxygens (including phenoxy) is 1. The monoisotopic (exact) mass is 540 g/mol. The minimum Gasteiger partial charge on any atom is -0.478 e. The van der Waals surface area contributed by atoms with Crippen molar-refractivity contribution in [2.45, 2.75) is 96.8 Å². The molecule has 0 fully saturated rings. The smallest absolute Gasteiger partial charge is 0.425 e. The topological polar surface area (TPSA) is 119 Å². The number of dihydropyridines is 1. The number of allylic oxidation sites excluding steroid dienone is 2. The standard InChI is InChI=1S/C27H35F3N2O6/c1-4-5-6-7-8-9-10-11-16-21(27(28,29)30)38-26(35)23-18(3)31-17(2)22(25(33)34)24(23)19-14-12-13-15-20(19)32(36)37/h12-15,21,24,31H,4-11,16H2,1-3H3,(H,33,34). The first kappa shape index (κ1) is 30.9. The first-order chi connectivity index (χ1) is 17.9. The van der Waals surface area contributed by atoms with E-state index in [9.17, 15) is 38.0 Å². The number of halogens is 3. The number of benzene rings is 1. The number of nitrogens with one attached hydrogen (secondary N) is 1. The molecule has 0 spiro atoms. The Kier molecular flexibility index (Phi) is 11.3. The Bertz CT molecular complexity index is 1080. The van der Waals surface area contributed by atoms with Crippen molar-refractivity contribution < 1.29 is 37.5 Å². The summed E-state index contributed by atoms with van der Waals surface area (Å²) in [6.45, 7) is 4.90. The van der Waals surface area contributed by atoms with Gasteiger partial charge >= 0.3 is 18.1 Å². The summed E-state index contributed by atoms with van der Waals surface area (Å²) >= 11 is 0. The summed E-state index contributed by atoms with van der Waals surface area (Å²) in [5.41, 5.74) is -1.21. The number of para-hydroxylation sites is 1. The van der Waals surface area contributed by atoms with Crippen LogP contribution in [0.4, 0.5) is 18.9 Å². The van der Waals surface area contributed by atoms with Crippen LogP contribution in [0.15, 0.2) is 46.8 Å². The highest BCUT2D eigenvalue weighted by Gasteiger charge is 2.45. The number of carbonyl (C=O) groups is 2. The average Bonchev–Trinajstić information content (AvgIpc) is 2.83. The molecule has 0 aromatic heterocycles. The van der Waals surface area contributed by atoms with Crippen molar-refractivity contribution in [3.05, 3.63) is 62.5 Å². The van der Waals surface area contributed by atoms with Crippen molar-refractivity contribution in [1.29, 1.82) is 0 Å². The number of nitro groups is 1. The van der Waals surface area contributed by atoms with E-state index >= 15 is 0 Å². The van der Waals surface area contributed by atoms with Gasteiger partial charge in [-0.2, -0.15) is 13.2 Å². The number of rotatable bonds is 14.